The summed E-state index contributed by atoms with van der Waals surface area (Å²) in [6.07, 6.45) is -4.29. The van der Waals surface area contributed by atoms with Crippen LogP contribution < -0.4 is 5.32 Å². The maximum absolute atomic E-state index is 11.5. The van der Waals surface area contributed by atoms with Crippen LogP contribution in [0.4, 0.5) is 0 Å². The minimum Gasteiger partial charge on any atom is -0.394 e. The summed E-state index contributed by atoms with van der Waals surface area (Å²) in [4.78, 5) is 11.5. The van der Waals surface area contributed by atoms with Gasteiger partial charge in [-0.2, -0.15) is 8.42 Å². The lowest BCUT2D eigenvalue weighted by molar-refractivity contribution is -0.268. The average molecular weight is 389 g/mol. The Morgan fingerprint density at radius 2 is 1.96 bits per heavy atom. The first-order chi connectivity index (χ1) is 12.2. The monoisotopic (exact) mass is 389 g/mol. The van der Waals surface area contributed by atoms with E-state index >= 15 is 0 Å². The lowest BCUT2D eigenvalue weighted by atomic mass is 9.97. The van der Waals surface area contributed by atoms with Crippen LogP contribution in [0.2, 0.25) is 0 Å². The van der Waals surface area contributed by atoms with E-state index in [0.717, 1.165) is 11.8 Å². The van der Waals surface area contributed by atoms with Crippen LogP contribution in [0, 0.1) is 0 Å². The van der Waals surface area contributed by atoms with Gasteiger partial charge in [0.1, 0.15) is 24.4 Å². The number of amides is 1. The van der Waals surface area contributed by atoms with Gasteiger partial charge in [-0.1, -0.05) is 30.3 Å². The summed E-state index contributed by atoms with van der Waals surface area (Å²) in [5.41, 5.74) is 0.835. The molecule has 0 radical (unpaired) electrons. The molecule has 1 fully saturated rings. The predicted octanol–water partition coefficient (Wildman–Crippen LogP) is -0.869. The molecular weight excluding hydrogens is 366 g/mol. The molecule has 1 heterocycles. The Morgan fingerprint density at radius 3 is 2.50 bits per heavy atom. The molecule has 0 aliphatic carbocycles. The zero-order valence-corrected chi connectivity index (χ0v) is 15.3. The molecule has 1 saturated heterocycles. The van der Waals surface area contributed by atoms with Gasteiger partial charge in [0.05, 0.1) is 19.5 Å². The van der Waals surface area contributed by atoms with Crippen molar-refractivity contribution in [3.05, 3.63) is 35.9 Å². The number of hydrogen-bond acceptors (Lipinski definition) is 8. The number of rotatable bonds is 7. The van der Waals surface area contributed by atoms with Gasteiger partial charge in [0.2, 0.25) is 5.91 Å². The summed E-state index contributed by atoms with van der Waals surface area (Å²) in [7, 11) is -3.93. The topological polar surface area (TPSA) is 131 Å². The van der Waals surface area contributed by atoms with E-state index in [-0.39, 0.29) is 6.61 Å². The van der Waals surface area contributed by atoms with Crippen molar-refractivity contribution in [1.29, 1.82) is 0 Å². The number of carbonyl (C=O) groups excluding carboxylic acids is 1. The smallest absolute Gasteiger partial charge is 0.264 e. The van der Waals surface area contributed by atoms with Gasteiger partial charge in [-0.05, 0) is 5.56 Å². The highest BCUT2D eigenvalue weighted by molar-refractivity contribution is 7.86. The number of hydrogen-bond donors (Lipinski definition) is 3. The molecule has 10 heteroatoms. The van der Waals surface area contributed by atoms with Crippen LogP contribution in [0.3, 0.4) is 0 Å². The van der Waals surface area contributed by atoms with Crippen molar-refractivity contribution in [1.82, 2.24) is 5.32 Å². The van der Waals surface area contributed by atoms with Crippen LogP contribution in [-0.2, 0) is 35.2 Å². The van der Waals surface area contributed by atoms with Crippen molar-refractivity contribution >= 4 is 16.0 Å². The molecule has 2 rings (SSSR count). The van der Waals surface area contributed by atoms with Gasteiger partial charge in [-0.3, -0.25) is 8.98 Å². The maximum atomic E-state index is 11.5. The van der Waals surface area contributed by atoms with E-state index in [1.807, 2.05) is 30.3 Å². The van der Waals surface area contributed by atoms with Gasteiger partial charge in [-0.25, -0.2) is 0 Å². The Bertz CT molecular complexity index is 695. The second-order valence-corrected chi connectivity index (χ2v) is 7.60. The van der Waals surface area contributed by atoms with Gasteiger partial charge in [0.15, 0.2) is 6.29 Å². The maximum Gasteiger partial charge on any atom is 0.264 e. The highest BCUT2D eigenvalue weighted by Crippen LogP contribution is 2.26. The summed E-state index contributed by atoms with van der Waals surface area (Å²) in [6.45, 7) is 0.769. The van der Waals surface area contributed by atoms with Gasteiger partial charge in [0.25, 0.3) is 10.1 Å². The Kier molecular flexibility index (Phi) is 7.09. The molecule has 5 atom stereocenters. The molecule has 1 aliphatic rings. The van der Waals surface area contributed by atoms with Crippen LogP contribution >= 0.6 is 0 Å². The number of nitrogens with one attached hydrogen (secondary N) is 1. The number of carbonyl (C=O) groups is 1. The molecule has 1 aromatic rings. The molecule has 1 aliphatic heterocycles. The van der Waals surface area contributed by atoms with Gasteiger partial charge in [-0.15, -0.1) is 0 Å². The number of aliphatic hydroxyl groups is 2. The Morgan fingerprint density at radius 1 is 1.31 bits per heavy atom. The first kappa shape index (κ1) is 20.7. The van der Waals surface area contributed by atoms with Crippen molar-refractivity contribution < 1.29 is 37.1 Å². The highest BCUT2D eigenvalue weighted by Gasteiger charge is 2.48. The first-order valence-electron chi connectivity index (χ1n) is 7.96. The van der Waals surface area contributed by atoms with Crippen molar-refractivity contribution in [2.24, 2.45) is 0 Å². The van der Waals surface area contributed by atoms with Crippen molar-refractivity contribution in [2.45, 2.75) is 44.2 Å². The number of benzene rings is 1. The van der Waals surface area contributed by atoms with Crippen LogP contribution in [0.1, 0.15) is 12.5 Å². The first-order valence-corrected chi connectivity index (χ1v) is 9.78. The lowest BCUT2D eigenvalue weighted by Crippen LogP contribution is -2.65. The second kappa shape index (κ2) is 8.89. The Balaban J connectivity index is 2.18. The minimum atomic E-state index is -3.93. The van der Waals surface area contributed by atoms with E-state index in [4.69, 9.17) is 13.7 Å². The van der Waals surface area contributed by atoms with Gasteiger partial charge >= 0.3 is 0 Å². The zero-order valence-electron chi connectivity index (χ0n) is 14.4. The normalized spacial score (nSPS) is 29.3. The SMILES string of the molecule is CC(=O)NC1C(OCc2ccccc2)OC(CO)C(OS(C)(=O)=O)C1O. The summed E-state index contributed by atoms with van der Waals surface area (Å²) in [6, 6.07) is 8.07. The average Bonchev–Trinajstić information content (AvgIpc) is 2.57. The largest absolute Gasteiger partial charge is 0.394 e. The van der Waals surface area contributed by atoms with E-state index in [2.05, 4.69) is 5.32 Å². The molecule has 5 unspecified atom stereocenters. The number of ether oxygens (including phenoxy) is 2. The molecule has 26 heavy (non-hydrogen) atoms. The summed E-state index contributed by atoms with van der Waals surface area (Å²) in [5, 5.41) is 22.5. The van der Waals surface area contributed by atoms with Crippen LogP contribution in [0.5, 0.6) is 0 Å². The van der Waals surface area contributed by atoms with Crippen molar-refractivity contribution in [2.75, 3.05) is 12.9 Å². The van der Waals surface area contributed by atoms with Crippen LogP contribution in [0.15, 0.2) is 30.3 Å². The molecule has 0 saturated carbocycles. The highest BCUT2D eigenvalue weighted by atomic mass is 32.2. The minimum absolute atomic E-state index is 0.129. The van der Waals surface area contributed by atoms with E-state index < -0.39 is 53.3 Å². The van der Waals surface area contributed by atoms with E-state index in [0.29, 0.717) is 0 Å². The predicted molar refractivity (Wildman–Crippen MR) is 90.3 cm³/mol. The lowest BCUT2D eigenvalue weighted by Gasteiger charge is -2.43. The number of aliphatic hydroxyl groups excluding tert-OH is 2. The van der Waals surface area contributed by atoms with Crippen molar-refractivity contribution in [3.8, 4) is 0 Å². The molecule has 0 aromatic heterocycles. The molecule has 1 aromatic carbocycles. The van der Waals surface area contributed by atoms with Crippen LogP contribution in [0.25, 0.3) is 0 Å². The van der Waals surface area contributed by atoms with Crippen LogP contribution in [-0.4, -0.2) is 68.0 Å². The third-order valence-electron chi connectivity index (χ3n) is 3.77. The molecule has 1 amide bonds. The molecule has 0 bridgehead atoms. The molecular formula is C16H23NO8S. The fourth-order valence-electron chi connectivity index (χ4n) is 2.67. The third kappa shape index (κ3) is 5.73. The summed E-state index contributed by atoms with van der Waals surface area (Å²) in [5.74, 6) is -0.466. The molecule has 0 spiro atoms. The summed E-state index contributed by atoms with van der Waals surface area (Å²) < 4.78 is 38.9. The quantitative estimate of drug-likeness (QED) is 0.513. The van der Waals surface area contributed by atoms with E-state index in [9.17, 15) is 23.4 Å². The second-order valence-electron chi connectivity index (χ2n) is 6.00. The standard InChI is InChI=1S/C16H23NO8S/c1-10(19)17-13-14(20)15(25-26(2,21)22)12(8-18)24-16(13)23-9-11-6-4-3-5-7-11/h3-7,12-16,18,20H,8-9H2,1-2H3,(H,17,19). The fourth-order valence-corrected chi connectivity index (χ4v) is 3.31. The Labute approximate surface area is 152 Å². The molecule has 146 valence electrons. The van der Waals surface area contributed by atoms with Crippen molar-refractivity contribution in [3.63, 3.8) is 0 Å². The fraction of sp³-hybridized carbons (Fsp3) is 0.562. The van der Waals surface area contributed by atoms with E-state index in [1.54, 1.807) is 0 Å². The van der Waals surface area contributed by atoms with Gasteiger partial charge < -0.3 is 25.0 Å². The third-order valence-corrected chi connectivity index (χ3v) is 4.34. The van der Waals surface area contributed by atoms with Gasteiger partial charge in [0, 0.05) is 6.92 Å². The summed E-state index contributed by atoms with van der Waals surface area (Å²) >= 11 is 0. The molecule has 9 nitrogen and oxygen atoms in total. The molecule has 3 N–H and O–H groups in total. The van der Waals surface area contributed by atoms with E-state index in [1.165, 1.54) is 6.92 Å². The zero-order chi connectivity index (χ0) is 19.3. The Hall–Kier alpha value is -1.56.